The van der Waals surface area contributed by atoms with E-state index in [-0.39, 0.29) is 37.5 Å². The first kappa shape index (κ1) is 21.3. The molecule has 29 heavy (non-hydrogen) atoms. The Kier molecular flexibility index (Phi) is 5.95. The van der Waals surface area contributed by atoms with Crippen LogP contribution in [0.3, 0.4) is 0 Å². The van der Waals surface area contributed by atoms with Gasteiger partial charge in [-0.05, 0) is 43.2 Å². The molecule has 1 aliphatic rings. The highest BCUT2D eigenvalue weighted by Gasteiger charge is 2.40. The van der Waals surface area contributed by atoms with Crippen LogP contribution in [0.25, 0.3) is 0 Å². The Morgan fingerprint density at radius 1 is 1.03 bits per heavy atom. The second-order valence-electron chi connectivity index (χ2n) is 6.67. The molecular formula is C19H18F4N2O3S. The number of nitrogens with zero attached hydrogens (tertiary/aromatic N) is 1. The normalized spacial score (nSPS) is 16.6. The third-order valence-electron chi connectivity index (χ3n) is 4.73. The number of piperidine rings is 1. The SMILES string of the molecule is O=C(Nc1cccc(F)c1)C1CCN(S(=O)(=O)c2ccccc2C(F)(F)F)CC1. The molecule has 156 valence electrons. The molecule has 1 saturated heterocycles. The third kappa shape index (κ3) is 4.76. The van der Waals surface area contributed by atoms with Gasteiger partial charge in [-0.15, -0.1) is 0 Å². The van der Waals surface area contributed by atoms with E-state index in [9.17, 15) is 30.8 Å². The van der Waals surface area contributed by atoms with Crippen molar-refractivity contribution in [1.82, 2.24) is 4.31 Å². The Hall–Kier alpha value is -2.46. The van der Waals surface area contributed by atoms with E-state index in [1.165, 1.54) is 24.3 Å². The van der Waals surface area contributed by atoms with Crippen LogP contribution in [0.5, 0.6) is 0 Å². The van der Waals surface area contributed by atoms with Crippen molar-refractivity contribution in [1.29, 1.82) is 0 Å². The molecule has 1 heterocycles. The highest BCUT2D eigenvalue weighted by molar-refractivity contribution is 7.89. The Labute approximate surface area is 165 Å². The second kappa shape index (κ2) is 8.11. The fraction of sp³-hybridized carbons (Fsp3) is 0.316. The molecule has 0 bridgehead atoms. The Bertz CT molecular complexity index is 1000. The van der Waals surface area contributed by atoms with Gasteiger partial charge in [0.1, 0.15) is 5.82 Å². The van der Waals surface area contributed by atoms with Crippen LogP contribution < -0.4 is 5.32 Å². The summed E-state index contributed by atoms with van der Waals surface area (Å²) in [6, 6.07) is 9.38. The van der Waals surface area contributed by atoms with E-state index in [0.717, 1.165) is 28.6 Å². The van der Waals surface area contributed by atoms with Gasteiger partial charge in [-0.2, -0.15) is 17.5 Å². The van der Waals surface area contributed by atoms with Gasteiger partial charge in [-0.25, -0.2) is 12.8 Å². The summed E-state index contributed by atoms with van der Waals surface area (Å²) in [7, 11) is -4.36. The first-order valence-electron chi connectivity index (χ1n) is 8.82. The molecule has 0 aromatic heterocycles. The molecule has 1 aliphatic heterocycles. The van der Waals surface area contributed by atoms with Crippen molar-refractivity contribution >= 4 is 21.6 Å². The van der Waals surface area contributed by atoms with E-state index in [4.69, 9.17) is 0 Å². The number of sulfonamides is 1. The van der Waals surface area contributed by atoms with Gasteiger partial charge >= 0.3 is 6.18 Å². The van der Waals surface area contributed by atoms with Crippen molar-refractivity contribution in [2.24, 2.45) is 5.92 Å². The van der Waals surface area contributed by atoms with Crippen molar-refractivity contribution in [2.45, 2.75) is 23.9 Å². The standard InChI is InChI=1S/C19H18F4N2O3S/c20-14-4-3-5-15(12-14)24-18(26)13-8-10-25(11-9-13)29(27,28)17-7-2-1-6-16(17)19(21,22)23/h1-7,12-13H,8-11H2,(H,24,26). The molecule has 5 nitrogen and oxygen atoms in total. The second-order valence-corrected chi connectivity index (χ2v) is 8.58. The maximum absolute atomic E-state index is 13.2. The lowest BCUT2D eigenvalue weighted by Gasteiger charge is -2.31. The van der Waals surface area contributed by atoms with Gasteiger partial charge in [0.2, 0.25) is 15.9 Å². The van der Waals surface area contributed by atoms with E-state index >= 15 is 0 Å². The monoisotopic (exact) mass is 430 g/mol. The first-order valence-corrected chi connectivity index (χ1v) is 10.3. The summed E-state index contributed by atoms with van der Waals surface area (Å²) in [4.78, 5) is 11.5. The summed E-state index contributed by atoms with van der Waals surface area (Å²) in [5.41, 5.74) is -0.935. The first-order chi connectivity index (χ1) is 13.6. The summed E-state index contributed by atoms with van der Waals surface area (Å²) in [6.07, 6.45) is -4.50. The Morgan fingerprint density at radius 3 is 2.31 bits per heavy atom. The number of rotatable bonds is 4. The molecular weight excluding hydrogens is 412 g/mol. The molecule has 1 N–H and O–H groups in total. The average Bonchev–Trinajstić information content (AvgIpc) is 2.67. The lowest BCUT2D eigenvalue weighted by molar-refractivity contribution is -0.139. The average molecular weight is 430 g/mol. The molecule has 3 rings (SSSR count). The van der Waals surface area contributed by atoms with Crippen molar-refractivity contribution < 1.29 is 30.8 Å². The summed E-state index contributed by atoms with van der Waals surface area (Å²) in [5.74, 6) is -1.42. The number of carbonyl (C=O) groups is 1. The fourth-order valence-electron chi connectivity index (χ4n) is 3.23. The van der Waals surface area contributed by atoms with E-state index in [2.05, 4.69) is 5.32 Å². The Balaban J connectivity index is 1.70. The summed E-state index contributed by atoms with van der Waals surface area (Å²) in [6.45, 7) is -0.175. The van der Waals surface area contributed by atoms with Crippen molar-refractivity contribution in [3.8, 4) is 0 Å². The molecule has 0 radical (unpaired) electrons. The van der Waals surface area contributed by atoms with Crippen LogP contribution in [0.2, 0.25) is 0 Å². The molecule has 10 heteroatoms. The van der Waals surface area contributed by atoms with Crippen molar-refractivity contribution in [2.75, 3.05) is 18.4 Å². The van der Waals surface area contributed by atoms with Crippen LogP contribution in [-0.4, -0.2) is 31.7 Å². The molecule has 2 aromatic carbocycles. The third-order valence-corrected chi connectivity index (χ3v) is 6.68. The largest absolute Gasteiger partial charge is 0.417 e. The van der Waals surface area contributed by atoms with Crippen molar-refractivity contribution in [3.63, 3.8) is 0 Å². The van der Waals surface area contributed by atoms with Crippen molar-refractivity contribution in [3.05, 3.63) is 59.9 Å². The van der Waals surface area contributed by atoms with E-state index < -0.39 is 38.4 Å². The van der Waals surface area contributed by atoms with Gasteiger partial charge in [0.05, 0.1) is 10.5 Å². The fourth-order valence-corrected chi connectivity index (χ4v) is 4.92. The molecule has 2 aromatic rings. The van der Waals surface area contributed by atoms with Crippen LogP contribution in [0, 0.1) is 11.7 Å². The molecule has 1 fully saturated rings. The minimum atomic E-state index is -4.80. The zero-order chi connectivity index (χ0) is 21.2. The highest BCUT2D eigenvalue weighted by Crippen LogP contribution is 2.36. The number of halogens is 4. The molecule has 0 unspecified atom stereocenters. The molecule has 0 aliphatic carbocycles. The topological polar surface area (TPSA) is 66.5 Å². The lowest BCUT2D eigenvalue weighted by Crippen LogP contribution is -2.41. The number of hydrogen-bond acceptors (Lipinski definition) is 3. The van der Waals surface area contributed by atoms with Crippen LogP contribution in [0.15, 0.2) is 53.4 Å². The van der Waals surface area contributed by atoms with Gasteiger partial charge < -0.3 is 5.32 Å². The number of carbonyl (C=O) groups excluding carboxylic acids is 1. The van der Waals surface area contributed by atoms with E-state index in [0.29, 0.717) is 0 Å². The molecule has 0 spiro atoms. The van der Waals surface area contributed by atoms with E-state index in [1.807, 2.05) is 0 Å². The van der Waals surface area contributed by atoms with Crippen LogP contribution in [0.4, 0.5) is 23.2 Å². The smallest absolute Gasteiger partial charge is 0.326 e. The Morgan fingerprint density at radius 2 is 1.69 bits per heavy atom. The number of benzene rings is 2. The minimum absolute atomic E-state index is 0.0875. The molecule has 0 atom stereocenters. The minimum Gasteiger partial charge on any atom is -0.326 e. The van der Waals surface area contributed by atoms with E-state index in [1.54, 1.807) is 0 Å². The lowest BCUT2D eigenvalue weighted by atomic mass is 9.97. The van der Waals surface area contributed by atoms with Crippen LogP contribution >= 0.6 is 0 Å². The number of hydrogen-bond donors (Lipinski definition) is 1. The summed E-state index contributed by atoms with van der Waals surface area (Å²) >= 11 is 0. The zero-order valence-corrected chi connectivity index (χ0v) is 15.9. The number of alkyl halides is 3. The maximum atomic E-state index is 13.2. The molecule has 0 saturated carbocycles. The van der Waals surface area contributed by atoms with Crippen LogP contribution in [0.1, 0.15) is 18.4 Å². The van der Waals surface area contributed by atoms with Gasteiger partial charge in [-0.1, -0.05) is 18.2 Å². The van der Waals surface area contributed by atoms with Gasteiger partial charge in [0.25, 0.3) is 0 Å². The van der Waals surface area contributed by atoms with Gasteiger partial charge in [0.15, 0.2) is 0 Å². The number of amides is 1. The number of nitrogens with one attached hydrogen (secondary N) is 1. The highest BCUT2D eigenvalue weighted by atomic mass is 32.2. The summed E-state index contributed by atoms with van der Waals surface area (Å²) < 4.78 is 79.2. The number of anilines is 1. The summed E-state index contributed by atoms with van der Waals surface area (Å²) in [5, 5.41) is 2.57. The van der Waals surface area contributed by atoms with Crippen LogP contribution in [-0.2, 0) is 21.0 Å². The molecule has 1 amide bonds. The zero-order valence-electron chi connectivity index (χ0n) is 15.1. The predicted octanol–water partition coefficient (Wildman–Crippen LogP) is 3.88. The maximum Gasteiger partial charge on any atom is 0.417 e. The van der Waals surface area contributed by atoms with Gasteiger partial charge in [0, 0.05) is 24.7 Å². The van der Waals surface area contributed by atoms with Gasteiger partial charge in [-0.3, -0.25) is 4.79 Å². The predicted molar refractivity (Wildman–Crippen MR) is 98.0 cm³/mol. The quantitative estimate of drug-likeness (QED) is 0.749.